The molecule has 2 heterocycles. The van der Waals surface area contributed by atoms with Gasteiger partial charge < -0.3 is 15.0 Å². The van der Waals surface area contributed by atoms with Crippen molar-refractivity contribution in [2.45, 2.75) is 39.3 Å². The number of ether oxygens (including phenoxy) is 1. The monoisotopic (exact) mass is 425 g/mol. The molecule has 0 aromatic heterocycles. The molecule has 2 aromatic rings. The van der Waals surface area contributed by atoms with Gasteiger partial charge in [0.1, 0.15) is 17.7 Å². The molecule has 0 bridgehead atoms. The van der Waals surface area contributed by atoms with Crippen molar-refractivity contribution in [3.63, 3.8) is 0 Å². The smallest absolute Gasteiger partial charge is 0.324 e. The Hall–Kier alpha value is -3.09. The SMILES string of the molecule is Cc1ccc2c(c1)N(C(=O)N1CCC[C@@H](C(=O)NCc3ccccc3F)C1)C[C@H](C)O2. The van der Waals surface area contributed by atoms with Gasteiger partial charge in [-0.15, -0.1) is 0 Å². The lowest BCUT2D eigenvalue weighted by Gasteiger charge is -2.39. The van der Waals surface area contributed by atoms with Crippen molar-refractivity contribution in [2.75, 3.05) is 24.5 Å². The fourth-order valence-electron chi connectivity index (χ4n) is 4.23. The zero-order chi connectivity index (χ0) is 22.0. The first-order chi connectivity index (χ1) is 14.9. The van der Waals surface area contributed by atoms with Crippen LogP contribution in [0.5, 0.6) is 5.75 Å². The van der Waals surface area contributed by atoms with Crippen LogP contribution in [0.2, 0.25) is 0 Å². The summed E-state index contributed by atoms with van der Waals surface area (Å²) < 4.78 is 19.7. The molecule has 2 atom stereocenters. The average molecular weight is 426 g/mol. The molecule has 2 aliphatic rings. The third-order valence-corrected chi connectivity index (χ3v) is 5.88. The molecule has 0 saturated carbocycles. The molecule has 7 heteroatoms. The molecular weight excluding hydrogens is 397 g/mol. The number of rotatable bonds is 3. The Morgan fingerprint density at radius 1 is 1.19 bits per heavy atom. The lowest BCUT2D eigenvalue weighted by Crippen LogP contribution is -2.53. The van der Waals surface area contributed by atoms with E-state index in [1.165, 1.54) is 6.07 Å². The van der Waals surface area contributed by atoms with Crippen LogP contribution in [0, 0.1) is 18.7 Å². The maximum absolute atomic E-state index is 13.8. The van der Waals surface area contributed by atoms with Gasteiger partial charge in [-0.25, -0.2) is 9.18 Å². The summed E-state index contributed by atoms with van der Waals surface area (Å²) in [7, 11) is 0. The summed E-state index contributed by atoms with van der Waals surface area (Å²) in [5.74, 6) is -0.0835. The average Bonchev–Trinajstić information content (AvgIpc) is 2.77. The Morgan fingerprint density at radius 3 is 2.81 bits per heavy atom. The van der Waals surface area contributed by atoms with Crippen molar-refractivity contribution in [3.8, 4) is 5.75 Å². The summed E-state index contributed by atoms with van der Waals surface area (Å²) in [6.07, 6.45) is 1.36. The number of hydrogen-bond acceptors (Lipinski definition) is 3. The Kier molecular flexibility index (Phi) is 6.11. The molecule has 6 nitrogen and oxygen atoms in total. The second-order valence-corrected chi connectivity index (χ2v) is 8.39. The van der Waals surface area contributed by atoms with Crippen molar-refractivity contribution in [1.82, 2.24) is 10.2 Å². The molecule has 1 N–H and O–H groups in total. The van der Waals surface area contributed by atoms with E-state index in [0.717, 1.165) is 17.7 Å². The number of likely N-dealkylation sites (tertiary alicyclic amines) is 1. The van der Waals surface area contributed by atoms with Crippen molar-refractivity contribution < 1.29 is 18.7 Å². The first-order valence-corrected chi connectivity index (χ1v) is 10.8. The second kappa shape index (κ2) is 8.96. The summed E-state index contributed by atoms with van der Waals surface area (Å²) in [5.41, 5.74) is 2.28. The van der Waals surface area contributed by atoms with Gasteiger partial charge in [0.05, 0.1) is 18.2 Å². The number of carbonyl (C=O) groups excluding carboxylic acids is 2. The van der Waals surface area contributed by atoms with Gasteiger partial charge >= 0.3 is 6.03 Å². The van der Waals surface area contributed by atoms with Crippen LogP contribution >= 0.6 is 0 Å². The predicted octanol–water partition coefficient (Wildman–Crippen LogP) is 3.87. The number of halogens is 1. The Morgan fingerprint density at radius 2 is 2.00 bits per heavy atom. The van der Waals surface area contributed by atoms with Gasteiger partial charge in [-0.3, -0.25) is 9.69 Å². The number of hydrogen-bond donors (Lipinski definition) is 1. The van der Waals surface area contributed by atoms with E-state index in [9.17, 15) is 14.0 Å². The van der Waals surface area contributed by atoms with Crippen LogP contribution in [0.1, 0.15) is 30.9 Å². The van der Waals surface area contributed by atoms with E-state index in [4.69, 9.17) is 4.74 Å². The number of urea groups is 1. The highest BCUT2D eigenvalue weighted by Crippen LogP contribution is 2.35. The molecular formula is C24H28FN3O3. The van der Waals surface area contributed by atoms with E-state index in [1.54, 1.807) is 28.0 Å². The molecule has 4 rings (SSSR count). The van der Waals surface area contributed by atoms with Crippen molar-refractivity contribution in [1.29, 1.82) is 0 Å². The third-order valence-electron chi connectivity index (χ3n) is 5.88. The topological polar surface area (TPSA) is 61.9 Å². The number of nitrogens with one attached hydrogen (secondary N) is 1. The normalized spacial score (nSPS) is 20.6. The molecule has 2 aliphatic heterocycles. The van der Waals surface area contributed by atoms with Gasteiger partial charge in [-0.05, 0) is 50.5 Å². The van der Waals surface area contributed by atoms with Crippen LogP contribution in [-0.2, 0) is 11.3 Å². The van der Waals surface area contributed by atoms with Gasteiger partial charge in [0.2, 0.25) is 5.91 Å². The van der Waals surface area contributed by atoms with Gasteiger partial charge in [0.15, 0.2) is 0 Å². The predicted molar refractivity (Wildman–Crippen MR) is 117 cm³/mol. The quantitative estimate of drug-likeness (QED) is 0.812. The fourth-order valence-corrected chi connectivity index (χ4v) is 4.23. The number of carbonyl (C=O) groups is 2. The Balaban J connectivity index is 1.43. The molecule has 2 aromatic carbocycles. The van der Waals surface area contributed by atoms with Crippen molar-refractivity contribution in [2.24, 2.45) is 5.92 Å². The number of aryl methyl sites for hydroxylation is 1. The molecule has 31 heavy (non-hydrogen) atoms. The van der Waals surface area contributed by atoms with Crippen LogP contribution in [0.3, 0.4) is 0 Å². The highest BCUT2D eigenvalue weighted by molar-refractivity contribution is 5.94. The standard InChI is InChI=1S/C24H28FN3O3/c1-16-9-10-22-21(12-16)28(14-17(2)31-22)24(30)27-11-5-7-19(15-27)23(29)26-13-18-6-3-4-8-20(18)25/h3-4,6,8-10,12,17,19H,5,7,11,13-15H2,1-2H3,(H,26,29)/t17-,19+/m0/s1. The minimum absolute atomic E-state index is 0.103. The van der Waals surface area contributed by atoms with Gasteiger partial charge in [0.25, 0.3) is 0 Å². The molecule has 1 saturated heterocycles. The second-order valence-electron chi connectivity index (χ2n) is 8.39. The number of benzene rings is 2. The number of nitrogens with zero attached hydrogens (tertiary/aromatic N) is 2. The van der Waals surface area contributed by atoms with E-state index in [1.807, 2.05) is 32.0 Å². The minimum atomic E-state index is -0.335. The van der Waals surface area contributed by atoms with E-state index in [0.29, 0.717) is 37.4 Å². The van der Waals surface area contributed by atoms with Crippen LogP contribution in [0.25, 0.3) is 0 Å². The van der Waals surface area contributed by atoms with Crippen LogP contribution in [0.15, 0.2) is 42.5 Å². The van der Waals surface area contributed by atoms with Crippen LogP contribution < -0.4 is 15.0 Å². The number of amides is 3. The van der Waals surface area contributed by atoms with E-state index < -0.39 is 0 Å². The summed E-state index contributed by atoms with van der Waals surface area (Å²) in [5, 5.41) is 2.83. The molecule has 1 fully saturated rings. The van der Waals surface area contributed by atoms with Gasteiger partial charge in [0, 0.05) is 25.2 Å². The number of piperidine rings is 1. The first kappa shape index (κ1) is 21.2. The van der Waals surface area contributed by atoms with Crippen molar-refractivity contribution in [3.05, 3.63) is 59.4 Å². The fraction of sp³-hybridized carbons (Fsp3) is 0.417. The molecule has 0 spiro atoms. The molecule has 0 radical (unpaired) electrons. The van der Waals surface area contributed by atoms with E-state index >= 15 is 0 Å². The number of fused-ring (bicyclic) bond motifs is 1. The van der Waals surface area contributed by atoms with E-state index in [2.05, 4.69) is 5.32 Å². The third kappa shape index (κ3) is 4.65. The molecule has 3 amide bonds. The first-order valence-electron chi connectivity index (χ1n) is 10.8. The minimum Gasteiger partial charge on any atom is -0.487 e. The van der Waals surface area contributed by atoms with Crippen LogP contribution in [0.4, 0.5) is 14.9 Å². The number of anilines is 1. The lowest BCUT2D eigenvalue weighted by atomic mass is 9.97. The summed E-state index contributed by atoms with van der Waals surface area (Å²) in [4.78, 5) is 29.6. The highest BCUT2D eigenvalue weighted by atomic mass is 19.1. The van der Waals surface area contributed by atoms with Crippen molar-refractivity contribution >= 4 is 17.6 Å². The maximum atomic E-state index is 13.8. The van der Waals surface area contributed by atoms with Gasteiger partial charge in [-0.2, -0.15) is 0 Å². The van der Waals surface area contributed by atoms with E-state index in [-0.39, 0.29) is 36.3 Å². The Bertz CT molecular complexity index is 980. The summed E-state index contributed by atoms with van der Waals surface area (Å²) in [6, 6.07) is 12.1. The lowest BCUT2D eigenvalue weighted by molar-refractivity contribution is -0.126. The maximum Gasteiger partial charge on any atom is 0.324 e. The molecule has 0 unspecified atom stereocenters. The van der Waals surface area contributed by atoms with Crippen LogP contribution in [-0.4, -0.2) is 42.6 Å². The Labute approximate surface area is 182 Å². The highest BCUT2D eigenvalue weighted by Gasteiger charge is 2.34. The zero-order valence-electron chi connectivity index (χ0n) is 17.9. The summed E-state index contributed by atoms with van der Waals surface area (Å²) in [6.45, 7) is 5.51. The largest absolute Gasteiger partial charge is 0.487 e. The molecule has 0 aliphatic carbocycles. The molecule has 164 valence electrons. The zero-order valence-corrected chi connectivity index (χ0v) is 17.9. The van der Waals surface area contributed by atoms with Gasteiger partial charge in [-0.1, -0.05) is 24.3 Å². The summed E-state index contributed by atoms with van der Waals surface area (Å²) >= 11 is 0.